The highest BCUT2D eigenvalue weighted by Crippen LogP contribution is 2.32. The van der Waals surface area contributed by atoms with Crippen LogP contribution in [0.3, 0.4) is 0 Å². The number of halogens is 1. The summed E-state index contributed by atoms with van der Waals surface area (Å²) in [5, 5.41) is 0.490. The van der Waals surface area contributed by atoms with E-state index in [4.69, 9.17) is 16.3 Å². The maximum Gasteiger partial charge on any atom is 0.356 e. The smallest absolute Gasteiger partial charge is 0.356 e. The summed E-state index contributed by atoms with van der Waals surface area (Å²) in [6, 6.07) is 14.8. The Labute approximate surface area is 163 Å². The molecule has 3 aromatic rings. The minimum Gasteiger partial charge on any atom is -0.461 e. The molecule has 0 aliphatic heterocycles. The maximum absolute atomic E-state index is 13.1. The van der Waals surface area contributed by atoms with Crippen molar-refractivity contribution in [2.24, 2.45) is 0 Å². The van der Waals surface area contributed by atoms with Crippen molar-refractivity contribution >= 4 is 27.6 Å². The van der Waals surface area contributed by atoms with Crippen LogP contribution in [0.4, 0.5) is 0 Å². The number of esters is 1. The summed E-state index contributed by atoms with van der Waals surface area (Å²) in [6.45, 7) is 3.66. The lowest BCUT2D eigenvalue weighted by Gasteiger charge is -2.13. The Morgan fingerprint density at radius 1 is 1.07 bits per heavy atom. The van der Waals surface area contributed by atoms with E-state index in [1.54, 1.807) is 43.3 Å². The van der Waals surface area contributed by atoms with Crippen molar-refractivity contribution in [1.29, 1.82) is 0 Å². The van der Waals surface area contributed by atoms with Crippen molar-refractivity contribution in [3.05, 3.63) is 77.1 Å². The molecule has 0 atom stereocenters. The molecular weight excluding hydrogens is 386 g/mol. The van der Waals surface area contributed by atoms with Gasteiger partial charge in [0.2, 0.25) is 0 Å². The van der Waals surface area contributed by atoms with Crippen molar-refractivity contribution in [2.45, 2.75) is 18.7 Å². The summed E-state index contributed by atoms with van der Waals surface area (Å²) < 4.78 is 32.3. The number of carbonyl (C=O) groups excluding carboxylic acids is 1. The molecule has 2 aromatic carbocycles. The molecule has 0 unspecified atom stereocenters. The zero-order chi connectivity index (χ0) is 19.6. The molecule has 0 fully saturated rings. The van der Waals surface area contributed by atoms with Crippen molar-refractivity contribution < 1.29 is 17.9 Å². The average molecular weight is 404 g/mol. The van der Waals surface area contributed by atoms with Gasteiger partial charge in [-0.2, -0.15) is 0 Å². The summed E-state index contributed by atoms with van der Waals surface area (Å²) in [5.74, 6) is -0.712. The van der Waals surface area contributed by atoms with Gasteiger partial charge in [-0.15, -0.1) is 0 Å². The Balaban J connectivity index is 2.27. The topological polar surface area (TPSA) is 65.4 Å². The first kappa shape index (κ1) is 19.2. The molecule has 0 amide bonds. The van der Waals surface area contributed by atoms with E-state index in [1.807, 2.05) is 13.0 Å². The van der Waals surface area contributed by atoms with Crippen LogP contribution in [0.1, 0.15) is 23.0 Å². The summed E-state index contributed by atoms with van der Waals surface area (Å²) in [7, 11) is -3.96. The SMILES string of the molecule is CCOC(=O)c1c(-c2cc(Cl)ccc2C)ccn1S(=O)(=O)c1ccccc1. The van der Waals surface area contributed by atoms with Crippen molar-refractivity contribution in [1.82, 2.24) is 3.97 Å². The summed E-state index contributed by atoms with van der Waals surface area (Å²) in [5.41, 5.74) is 1.94. The van der Waals surface area contributed by atoms with E-state index in [1.165, 1.54) is 18.3 Å². The van der Waals surface area contributed by atoms with E-state index in [9.17, 15) is 13.2 Å². The summed E-state index contributed by atoms with van der Waals surface area (Å²) in [4.78, 5) is 12.7. The van der Waals surface area contributed by atoms with Gasteiger partial charge in [0.15, 0.2) is 0 Å². The second-order valence-corrected chi connectivity index (χ2v) is 8.12. The highest BCUT2D eigenvalue weighted by atomic mass is 35.5. The van der Waals surface area contributed by atoms with E-state index in [0.29, 0.717) is 16.1 Å². The van der Waals surface area contributed by atoms with E-state index in [-0.39, 0.29) is 17.2 Å². The molecule has 0 radical (unpaired) electrons. The van der Waals surface area contributed by atoms with Crippen molar-refractivity contribution in [3.63, 3.8) is 0 Å². The second-order valence-electron chi connectivity index (χ2n) is 5.87. The highest BCUT2D eigenvalue weighted by Gasteiger charge is 2.28. The zero-order valence-electron chi connectivity index (χ0n) is 14.8. The fourth-order valence-corrected chi connectivity index (χ4v) is 4.36. The monoisotopic (exact) mass is 403 g/mol. The molecule has 0 N–H and O–H groups in total. The maximum atomic E-state index is 13.1. The predicted molar refractivity (Wildman–Crippen MR) is 105 cm³/mol. The van der Waals surface area contributed by atoms with E-state index < -0.39 is 16.0 Å². The Morgan fingerprint density at radius 3 is 2.44 bits per heavy atom. The quantitative estimate of drug-likeness (QED) is 0.587. The number of aromatic nitrogens is 1. The standard InChI is InChI=1S/C20H18ClNO4S/c1-3-26-20(23)19-17(18-13-15(21)10-9-14(18)2)11-12-22(19)27(24,25)16-7-5-4-6-8-16/h4-13H,3H2,1-2H3. The van der Waals surface area contributed by atoms with Gasteiger partial charge in [0.25, 0.3) is 10.0 Å². The lowest BCUT2D eigenvalue weighted by atomic mass is 10.0. The van der Waals surface area contributed by atoms with Crippen molar-refractivity contribution in [2.75, 3.05) is 6.61 Å². The van der Waals surface area contributed by atoms with Crippen LogP contribution in [0, 0.1) is 6.92 Å². The molecule has 0 bridgehead atoms. The minimum absolute atomic E-state index is 0.0499. The fraction of sp³-hybridized carbons (Fsp3) is 0.150. The zero-order valence-corrected chi connectivity index (χ0v) is 16.4. The first-order chi connectivity index (χ1) is 12.9. The average Bonchev–Trinajstić information content (AvgIpc) is 3.10. The number of ether oxygens (including phenoxy) is 1. The largest absolute Gasteiger partial charge is 0.461 e. The van der Waals surface area contributed by atoms with Gasteiger partial charge in [0, 0.05) is 16.8 Å². The summed E-state index contributed by atoms with van der Waals surface area (Å²) in [6.07, 6.45) is 1.37. The molecule has 140 valence electrons. The number of benzene rings is 2. The number of nitrogens with zero attached hydrogens (tertiary/aromatic N) is 1. The normalized spacial score (nSPS) is 11.4. The first-order valence-electron chi connectivity index (χ1n) is 8.32. The third-order valence-electron chi connectivity index (χ3n) is 4.11. The number of hydrogen-bond acceptors (Lipinski definition) is 4. The van der Waals surface area contributed by atoms with Crippen LogP contribution >= 0.6 is 11.6 Å². The number of aryl methyl sites for hydroxylation is 1. The first-order valence-corrected chi connectivity index (χ1v) is 10.1. The lowest BCUT2D eigenvalue weighted by Crippen LogP contribution is -2.20. The second kappa shape index (κ2) is 7.58. The minimum atomic E-state index is -3.96. The van der Waals surface area contributed by atoms with Gasteiger partial charge in [0.05, 0.1) is 11.5 Å². The lowest BCUT2D eigenvalue weighted by molar-refractivity contribution is 0.0519. The van der Waals surface area contributed by atoms with Crippen molar-refractivity contribution in [3.8, 4) is 11.1 Å². The van der Waals surface area contributed by atoms with Crippen LogP contribution in [-0.2, 0) is 14.8 Å². The molecule has 3 rings (SSSR count). The molecule has 0 aliphatic rings. The fourth-order valence-electron chi connectivity index (χ4n) is 2.82. The molecular formula is C20H18ClNO4S. The molecule has 7 heteroatoms. The highest BCUT2D eigenvalue weighted by molar-refractivity contribution is 7.90. The van der Waals surface area contributed by atoms with Gasteiger partial charge in [0.1, 0.15) is 5.69 Å². The molecule has 1 aromatic heterocycles. The van der Waals surface area contributed by atoms with Gasteiger partial charge >= 0.3 is 5.97 Å². The van der Waals surface area contributed by atoms with Gasteiger partial charge in [-0.3, -0.25) is 0 Å². The Bertz CT molecular complexity index is 1090. The Kier molecular flexibility index (Phi) is 5.39. The van der Waals surface area contributed by atoms with Crippen LogP contribution in [0.5, 0.6) is 0 Å². The predicted octanol–water partition coefficient (Wildman–Crippen LogP) is 4.53. The van der Waals surface area contributed by atoms with Crippen LogP contribution in [0.25, 0.3) is 11.1 Å². The van der Waals surface area contributed by atoms with E-state index in [2.05, 4.69) is 0 Å². The molecule has 5 nitrogen and oxygen atoms in total. The van der Waals surface area contributed by atoms with Crippen LogP contribution in [0.2, 0.25) is 5.02 Å². The molecule has 0 saturated carbocycles. The number of rotatable bonds is 5. The van der Waals surface area contributed by atoms with Gasteiger partial charge in [-0.25, -0.2) is 17.2 Å². The number of hydrogen-bond donors (Lipinski definition) is 0. The molecule has 27 heavy (non-hydrogen) atoms. The molecule has 0 aliphatic carbocycles. The van der Waals surface area contributed by atoms with E-state index in [0.717, 1.165) is 9.54 Å². The molecule has 0 spiro atoms. The molecule has 0 saturated heterocycles. The van der Waals surface area contributed by atoms with Crippen LogP contribution in [-0.4, -0.2) is 25.0 Å². The summed E-state index contributed by atoms with van der Waals surface area (Å²) >= 11 is 6.11. The third-order valence-corrected chi connectivity index (χ3v) is 6.04. The Hall–Kier alpha value is -2.57. The van der Waals surface area contributed by atoms with E-state index >= 15 is 0 Å². The third kappa shape index (κ3) is 3.63. The van der Waals surface area contributed by atoms with Gasteiger partial charge in [-0.05, 0) is 55.3 Å². The van der Waals surface area contributed by atoms with Crippen LogP contribution in [0.15, 0.2) is 65.7 Å². The molecule has 1 heterocycles. The van der Waals surface area contributed by atoms with Gasteiger partial charge < -0.3 is 4.74 Å². The van der Waals surface area contributed by atoms with Gasteiger partial charge in [-0.1, -0.05) is 35.9 Å². The Morgan fingerprint density at radius 2 is 1.78 bits per heavy atom. The van der Waals surface area contributed by atoms with Crippen LogP contribution < -0.4 is 0 Å². The number of carbonyl (C=O) groups is 1.